The van der Waals surface area contributed by atoms with Crippen LogP contribution >= 0.6 is 0 Å². The molecular weight excluding hydrogens is 256 g/mol. The van der Waals surface area contributed by atoms with Crippen molar-refractivity contribution in [3.05, 3.63) is 35.9 Å². The highest BCUT2D eigenvalue weighted by Gasteiger charge is 2.44. The summed E-state index contributed by atoms with van der Waals surface area (Å²) in [6, 6.07) is 10.3. The summed E-state index contributed by atoms with van der Waals surface area (Å²) in [6.07, 6.45) is 4.21. The molecule has 4 nitrogen and oxygen atoms in total. The summed E-state index contributed by atoms with van der Waals surface area (Å²) < 4.78 is 9.62. The number of cyclic esters (lactones) is 2. The van der Waals surface area contributed by atoms with Crippen molar-refractivity contribution in [2.45, 2.75) is 31.8 Å². The van der Waals surface area contributed by atoms with Crippen LogP contribution in [0.2, 0.25) is 0 Å². The molecule has 0 aromatic heterocycles. The lowest BCUT2D eigenvalue weighted by Gasteiger charge is -2.18. The van der Waals surface area contributed by atoms with Gasteiger partial charge in [-0.3, -0.25) is 9.59 Å². The average Bonchev–Trinajstić information content (AvgIpc) is 3.29. The van der Waals surface area contributed by atoms with Crippen LogP contribution in [0.1, 0.15) is 37.4 Å². The van der Waals surface area contributed by atoms with Crippen LogP contribution in [0.5, 0.6) is 0 Å². The van der Waals surface area contributed by atoms with Gasteiger partial charge in [-0.25, -0.2) is 0 Å². The molecule has 0 bridgehead atoms. The fourth-order valence-electron chi connectivity index (χ4n) is 2.85. The molecule has 0 spiro atoms. The molecule has 2 heterocycles. The number of epoxide rings is 1. The lowest BCUT2D eigenvalue weighted by Crippen LogP contribution is -2.21. The van der Waals surface area contributed by atoms with Crippen molar-refractivity contribution < 1.29 is 19.1 Å². The van der Waals surface area contributed by atoms with Crippen LogP contribution in [0, 0.1) is 11.8 Å². The first-order chi connectivity index (χ1) is 9.75. The van der Waals surface area contributed by atoms with Gasteiger partial charge < -0.3 is 9.47 Å². The molecule has 3 atom stereocenters. The summed E-state index contributed by atoms with van der Waals surface area (Å²) >= 11 is 0. The number of carbonyl (C=O) groups excluding carboxylic acids is 2. The van der Waals surface area contributed by atoms with E-state index < -0.39 is 0 Å². The lowest BCUT2D eigenvalue weighted by molar-refractivity contribution is -0.153. The van der Waals surface area contributed by atoms with Gasteiger partial charge in [-0.1, -0.05) is 43.2 Å². The molecule has 20 heavy (non-hydrogen) atoms. The molecule has 3 unspecified atom stereocenters. The van der Waals surface area contributed by atoms with E-state index in [4.69, 9.17) is 4.74 Å². The number of fused-ring (bicyclic) bond motifs is 1. The van der Waals surface area contributed by atoms with Gasteiger partial charge in [0.2, 0.25) is 0 Å². The fraction of sp³-hybridized carbons (Fsp3) is 0.500. The molecule has 0 radical (unpaired) electrons. The van der Waals surface area contributed by atoms with Gasteiger partial charge in [0, 0.05) is 0 Å². The standard InChI is InChI=1S/C8H10O3.C8H8O/c9-7-5-3-1-2-4-6(5)8(10)11-7;1-2-4-7(5-3-1)8-6-9-8/h5-6H,1-4H2;1-5,8H,6H2. The third kappa shape index (κ3) is 2.90. The zero-order chi connectivity index (χ0) is 13.9. The Balaban J connectivity index is 0.000000123. The zero-order valence-corrected chi connectivity index (χ0v) is 11.3. The molecule has 2 aliphatic heterocycles. The van der Waals surface area contributed by atoms with Crippen LogP contribution in [0.3, 0.4) is 0 Å². The molecule has 1 aliphatic carbocycles. The van der Waals surface area contributed by atoms with Crippen molar-refractivity contribution >= 4 is 11.9 Å². The number of hydrogen-bond acceptors (Lipinski definition) is 4. The molecule has 3 fully saturated rings. The van der Waals surface area contributed by atoms with Crippen molar-refractivity contribution in [3.63, 3.8) is 0 Å². The van der Waals surface area contributed by atoms with Crippen LogP contribution < -0.4 is 0 Å². The van der Waals surface area contributed by atoms with Crippen LogP contribution in [0.25, 0.3) is 0 Å². The molecule has 1 aromatic carbocycles. The second-order valence-corrected chi connectivity index (χ2v) is 5.47. The van der Waals surface area contributed by atoms with Crippen molar-refractivity contribution in [1.29, 1.82) is 0 Å². The molecule has 3 aliphatic rings. The zero-order valence-electron chi connectivity index (χ0n) is 11.3. The first-order valence-electron chi connectivity index (χ1n) is 7.18. The van der Waals surface area contributed by atoms with Gasteiger partial charge in [0.1, 0.15) is 6.10 Å². The highest BCUT2D eigenvalue weighted by atomic mass is 16.6. The Kier molecular flexibility index (Phi) is 3.83. The SMILES string of the molecule is O=C1OC(=O)C2CCCCC12.c1ccc(C2CO2)cc1. The number of hydrogen-bond donors (Lipinski definition) is 0. The van der Waals surface area contributed by atoms with Crippen LogP contribution in [0.15, 0.2) is 30.3 Å². The maximum atomic E-state index is 11.0. The Morgan fingerprint density at radius 1 is 0.900 bits per heavy atom. The highest BCUT2D eigenvalue weighted by Crippen LogP contribution is 2.36. The second kappa shape index (κ2) is 5.75. The third-order valence-corrected chi connectivity index (χ3v) is 4.08. The summed E-state index contributed by atoms with van der Waals surface area (Å²) in [4.78, 5) is 22.0. The normalized spacial score (nSPS) is 30.9. The Hall–Kier alpha value is -1.68. The van der Waals surface area contributed by atoms with Gasteiger partial charge in [-0.05, 0) is 18.4 Å². The average molecular weight is 274 g/mol. The summed E-state index contributed by atoms with van der Waals surface area (Å²) in [5.41, 5.74) is 1.30. The Morgan fingerprint density at radius 3 is 1.95 bits per heavy atom. The Morgan fingerprint density at radius 2 is 1.45 bits per heavy atom. The van der Waals surface area contributed by atoms with Crippen LogP contribution in [0.4, 0.5) is 0 Å². The highest BCUT2D eigenvalue weighted by molar-refractivity contribution is 5.96. The minimum absolute atomic E-state index is 0.101. The summed E-state index contributed by atoms with van der Waals surface area (Å²) in [7, 11) is 0. The van der Waals surface area contributed by atoms with E-state index in [1.165, 1.54) is 5.56 Å². The number of benzene rings is 1. The Bertz CT molecular complexity index is 470. The predicted molar refractivity (Wildman–Crippen MR) is 71.7 cm³/mol. The first-order valence-corrected chi connectivity index (χ1v) is 7.18. The van der Waals surface area contributed by atoms with E-state index >= 15 is 0 Å². The van der Waals surface area contributed by atoms with Crippen molar-refractivity contribution in [3.8, 4) is 0 Å². The van der Waals surface area contributed by atoms with E-state index in [2.05, 4.69) is 16.9 Å². The summed E-state index contributed by atoms with van der Waals surface area (Å²) in [5.74, 6) is -0.785. The van der Waals surface area contributed by atoms with E-state index in [9.17, 15) is 9.59 Å². The molecule has 0 N–H and O–H groups in total. The molecule has 1 aromatic rings. The fourth-order valence-corrected chi connectivity index (χ4v) is 2.85. The third-order valence-electron chi connectivity index (χ3n) is 4.08. The molecule has 2 saturated heterocycles. The van der Waals surface area contributed by atoms with Gasteiger partial charge in [0.25, 0.3) is 0 Å². The monoisotopic (exact) mass is 274 g/mol. The van der Waals surface area contributed by atoms with Gasteiger partial charge >= 0.3 is 11.9 Å². The van der Waals surface area contributed by atoms with Gasteiger partial charge in [-0.2, -0.15) is 0 Å². The molecule has 106 valence electrons. The first kappa shape index (κ1) is 13.3. The maximum Gasteiger partial charge on any atom is 0.317 e. The van der Waals surface area contributed by atoms with Crippen LogP contribution in [-0.4, -0.2) is 18.5 Å². The van der Waals surface area contributed by atoms with Gasteiger partial charge in [0.15, 0.2) is 0 Å². The molecule has 1 saturated carbocycles. The van der Waals surface area contributed by atoms with Crippen LogP contribution in [-0.2, 0) is 19.1 Å². The van der Waals surface area contributed by atoms with E-state index in [1.807, 2.05) is 18.2 Å². The summed E-state index contributed by atoms with van der Waals surface area (Å²) in [5, 5.41) is 0. The van der Waals surface area contributed by atoms with E-state index in [1.54, 1.807) is 0 Å². The smallest absolute Gasteiger partial charge is 0.317 e. The minimum Gasteiger partial charge on any atom is -0.393 e. The van der Waals surface area contributed by atoms with E-state index in [-0.39, 0.29) is 23.8 Å². The van der Waals surface area contributed by atoms with Crippen molar-refractivity contribution in [2.24, 2.45) is 11.8 Å². The Labute approximate surface area is 118 Å². The second-order valence-electron chi connectivity index (χ2n) is 5.47. The number of esters is 2. The predicted octanol–water partition coefficient (Wildman–Crippen LogP) is 2.63. The molecule has 0 amide bonds. The van der Waals surface area contributed by atoms with E-state index in [0.717, 1.165) is 32.3 Å². The van der Waals surface area contributed by atoms with Gasteiger partial charge in [0.05, 0.1) is 18.4 Å². The molecule has 4 rings (SSSR count). The quantitative estimate of drug-likeness (QED) is 0.449. The number of rotatable bonds is 1. The van der Waals surface area contributed by atoms with Crippen molar-refractivity contribution in [2.75, 3.05) is 6.61 Å². The minimum atomic E-state index is -0.292. The lowest BCUT2D eigenvalue weighted by atomic mass is 9.81. The topological polar surface area (TPSA) is 55.9 Å². The number of ether oxygens (including phenoxy) is 2. The van der Waals surface area contributed by atoms with Gasteiger partial charge in [-0.15, -0.1) is 0 Å². The molecule has 4 heteroatoms. The van der Waals surface area contributed by atoms with Crippen molar-refractivity contribution in [1.82, 2.24) is 0 Å². The molecular formula is C16H18O4. The number of carbonyl (C=O) groups is 2. The van der Waals surface area contributed by atoms with E-state index in [0.29, 0.717) is 6.10 Å². The summed E-state index contributed by atoms with van der Waals surface area (Å²) in [6.45, 7) is 0.907. The largest absolute Gasteiger partial charge is 0.393 e. The maximum absolute atomic E-state index is 11.0.